The van der Waals surface area contributed by atoms with E-state index < -0.39 is 5.41 Å². The Balaban J connectivity index is 1.26. The number of hydrogen-bond donors (Lipinski definition) is 0. The summed E-state index contributed by atoms with van der Waals surface area (Å²) in [7, 11) is 0. The minimum atomic E-state index is -0.574. The monoisotopic (exact) mass is 988 g/mol. The Morgan fingerprint density at radius 1 is 0.289 bits per heavy atom. The molecule has 1 aliphatic rings. The molecular formula is C75H73N. The molecule has 76 heavy (non-hydrogen) atoms. The van der Waals surface area contributed by atoms with E-state index in [1.54, 1.807) is 0 Å². The van der Waals surface area contributed by atoms with Crippen LogP contribution in [0, 0.1) is 0 Å². The first-order chi connectivity index (χ1) is 36.2. The highest BCUT2D eigenvalue weighted by Gasteiger charge is 2.47. The van der Waals surface area contributed by atoms with E-state index in [0.29, 0.717) is 0 Å². The molecule has 0 aromatic heterocycles. The summed E-state index contributed by atoms with van der Waals surface area (Å²) in [5.74, 6) is 0. The molecule has 10 aromatic rings. The van der Waals surface area contributed by atoms with Crippen LogP contribution in [-0.4, -0.2) is 0 Å². The van der Waals surface area contributed by atoms with Gasteiger partial charge in [0.25, 0.3) is 0 Å². The van der Waals surface area contributed by atoms with Gasteiger partial charge in [-0.3, -0.25) is 0 Å². The van der Waals surface area contributed by atoms with Crippen LogP contribution in [0.4, 0.5) is 17.1 Å². The van der Waals surface area contributed by atoms with Crippen LogP contribution < -0.4 is 4.90 Å². The van der Waals surface area contributed by atoms with E-state index in [2.05, 4.69) is 312 Å². The lowest BCUT2D eigenvalue weighted by Gasteiger charge is -2.35. The first-order valence-corrected chi connectivity index (χ1v) is 27.4. The van der Waals surface area contributed by atoms with Crippen molar-refractivity contribution in [2.45, 2.75) is 110 Å². The molecule has 11 rings (SSSR count). The SMILES string of the molecule is CC(C)(C)c1cc(-c2ccccc2N(c2ccccc2-c2cccc3cccc(-c4cc(C(C)(C)C)cc(C(C)(C)C)c4)c23)c2cccc3c2-c2ccccc2C3(c2ccccc2)c2ccccc2)cc(C(C)(C)C)c1. The van der Waals surface area contributed by atoms with E-state index in [-0.39, 0.29) is 21.7 Å². The second kappa shape index (κ2) is 18.8. The molecule has 1 nitrogen and oxygen atoms in total. The lowest BCUT2D eigenvalue weighted by atomic mass is 9.68. The Morgan fingerprint density at radius 3 is 1.17 bits per heavy atom. The Bertz CT molecular complexity index is 3680. The molecule has 0 saturated heterocycles. The highest BCUT2D eigenvalue weighted by atomic mass is 15.2. The van der Waals surface area contributed by atoms with Crippen molar-refractivity contribution in [2.24, 2.45) is 0 Å². The number of benzene rings is 10. The van der Waals surface area contributed by atoms with Crippen molar-refractivity contribution in [1.82, 2.24) is 0 Å². The van der Waals surface area contributed by atoms with Crippen molar-refractivity contribution >= 4 is 27.8 Å². The predicted molar refractivity (Wildman–Crippen MR) is 327 cm³/mol. The Kier molecular flexibility index (Phi) is 12.5. The highest BCUT2D eigenvalue weighted by Crippen LogP contribution is 2.60. The Hall–Kier alpha value is -7.74. The standard InChI is InChI=1S/C75H73N/c1-71(2,3)55-44-51(45-56(48-55)72(4,5)6)59-34-20-23-41-66(59)76(68-43-27-40-65-70(68)63-36-19-22-39-64(63)75(65,53-30-15-13-16-31-53)54-32-17-14-18-33-54)67-42-24-21-35-61(67)62-38-26-29-50-28-25-37-60(69(50)62)52-46-57(73(7,8)9)49-58(47-52)74(10,11)12/h13-49H,1-12H3. The number of hydrogen-bond acceptors (Lipinski definition) is 1. The molecule has 1 aliphatic carbocycles. The average molecular weight is 988 g/mol. The molecular weight excluding hydrogens is 915 g/mol. The molecule has 0 unspecified atom stereocenters. The van der Waals surface area contributed by atoms with Gasteiger partial charge in [-0.1, -0.05) is 289 Å². The molecule has 0 aliphatic heterocycles. The summed E-state index contributed by atoms with van der Waals surface area (Å²) in [5.41, 5.74) is 22.7. The summed E-state index contributed by atoms with van der Waals surface area (Å²) in [5, 5.41) is 2.47. The largest absolute Gasteiger partial charge is 0.309 e. The number of fused-ring (bicyclic) bond motifs is 4. The minimum absolute atomic E-state index is 0.0306. The van der Waals surface area contributed by atoms with Gasteiger partial charge in [0.15, 0.2) is 0 Å². The van der Waals surface area contributed by atoms with Crippen LogP contribution in [0.2, 0.25) is 0 Å². The summed E-state index contributed by atoms with van der Waals surface area (Å²) >= 11 is 0. The quantitative estimate of drug-likeness (QED) is 0.147. The first-order valence-electron chi connectivity index (χ1n) is 27.4. The normalized spacial score (nSPS) is 13.4. The third-order valence-electron chi connectivity index (χ3n) is 16.1. The summed E-state index contributed by atoms with van der Waals surface area (Å²) in [6, 6.07) is 85.4. The molecule has 0 heterocycles. The second-order valence-corrected chi connectivity index (χ2v) is 25.4. The van der Waals surface area contributed by atoms with Gasteiger partial charge in [0.2, 0.25) is 0 Å². The van der Waals surface area contributed by atoms with Crippen LogP contribution in [-0.2, 0) is 27.1 Å². The molecule has 0 fully saturated rings. The third kappa shape index (κ3) is 8.78. The van der Waals surface area contributed by atoms with Gasteiger partial charge < -0.3 is 4.90 Å². The molecule has 0 atom stereocenters. The van der Waals surface area contributed by atoms with Crippen molar-refractivity contribution < 1.29 is 0 Å². The lowest BCUT2D eigenvalue weighted by molar-refractivity contribution is 0.568. The van der Waals surface area contributed by atoms with E-state index in [9.17, 15) is 0 Å². The van der Waals surface area contributed by atoms with Gasteiger partial charge in [-0.25, -0.2) is 0 Å². The minimum Gasteiger partial charge on any atom is -0.309 e. The lowest BCUT2D eigenvalue weighted by Crippen LogP contribution is -2.28. The number of rotatable bonds is 8. The molecule has 0 N–H and O–H groups in total. The van der Waals surface area contributed by atoms with Crippen molar-refractivity contribution in [1.29, 1.82) is 0 Å². The van der Waals surface area contributed by atoms with Gasteiger partial charge in [0, 0.05) is 16.7 Å². The molecule has 0 saturated carbocycles. The van der Waals surface area contributed by atoms with Gasteiger partial charge in [-0.05, 0) is 123 Å². The van der Waals surface area contributed by atoms with E-state index in [1.165, 1.54) is 99.8 Å². The van der Waals surface area contributed by atoms with Gasteiger partial charge >= 0.3 is 0 Å². The zero-order chi connectivity index (χ0) is 53.4. The summed E-state index contributed by atoms with van der Waals surface area (Å²) in [6.07, 6.45) is 0. The van der Waals surface area contributed by atoms with Crippen LogP contribution in [0.25, 0.3) is 55.3 Å². The maximum atomic E-state index is 2.62. The third-order valence-corrected chi connectivity index (χ3v) is 16.1. The fourth-order valence-electron chi connectivity index (χ4n) is 12.0. The van der Waals surface area contributed by atoms with E-state index in [0.717, 1.165) is 17.1 Å². The predicted octanol–water partition coefficient (Wildman–Crippen LogP) is 20.9. The number of nitrogens with zero attached hydrogens (tertiary/aromatic N) is 1. The maximum Gasteiger partial charge on any atom is 0.0714 e. The van der Waals surface area contributed by atoms with Gasteiger partial charge in [0.05, 0.1) is 22.5 Å². The van der Waals surface area contributed by atoms with Gasteiger partial charge in [-0.15, -0.1) is 0 Å². The van der Waals surface area contributed by atoms with Gasteiger partial charge in [-0.2, -0.15) is 0 Å². The first kappa shape index (κ1) is 50.4. The molecule has 10 aromatic carbocycles. The molecule has 378 valence electrons. The maximum absolute atomic E-state index is 2.62. The van der Waals surface area contributed by atoms with Crippen LogP contribution in [0.15, 0.2) is 224 Å². The molecule has 0 amide bonds. The molecule has 0 bridgehead atoms. The summed E-state index contributed by atoms with van der Waals surface area (Å²) < 4.78 is 0. The van der Waals surface area contributed by atoms with Crippen LogP contribution in [0.5, 0.6) is 0 Å². The summed E-state index contributed by atoms with van der Waals surface area (Å²) in [4.78, 5) is 2.62. The van der Waals surface area contributed by atoms with Crippen molar-refractivity contribution in [3.63, 3.8) is 0 Å². The zero-order valence-corrected chi connectivity index (χ0v) is 46.8. The number of para-hydroxylation sites is 2. The van der Waals surface area contributed by atoms with E-state index in [4.69, 9.17) is 0 Å². The van der Waals surface area contributed by atoms with E-state index >= 15 is 0 Å². The van der Waals surface area contributed by atoms with Crippen LogP contribution in [0.1, 0.15) is 128 Å². The Labute approximate surface area is 454 Å². The van der Waals surface area contributed by atoms with Crippen molar-refractivity contribution in [2.75, 3.05) is 4.90 Å². The molecule has 0 spiro atoms. The average Bonchev–Trinajstić information content (AvgIpc) is 3.93. The topological polar surface area (TPSA) is 3.24 Å². The smallest absolute Gasteiger partial charge is 0.0714 e. The fourth-order valence-corrected chi connectivity index (χ4v) is 12.0. The Morgan fingerprint density at radius 2 is 0.658 bits per heavy atom. The van der Waals surface area contributed by atoms with Crippen LogP contribution in [0.3, 0.4) is 0 Å². The fraction of sp³-hybridized carbons (Fsp3) is 0.227. The van der Waals surface area contributed by atoms with Crippen molar-refractivity contribution in [3.8, 4) is 44.5 Å². The molecule has 1 heteroatoms. The van der Waals surface area contributed by atoms with Crippen LogP contribution >= 0.6 is 0 Å². The molecule has 0 radical (unpaired) electrons. The van der Waals surface area contributed by atoms with E-state index in [1.807, 2.05) is 0 Å². The van der Waals surface area contributed by atoms with Crippen molar-refractivity contribution in [3.05, 3.63) is 269 Å². The zero-order valence-electron chi connectivity index (χ0n) is 46.8. The van der Waals surface area contributed by atoms with Gasteiger partial charge in [0.1, 0.15) is 0 Å². The number of anilines is 3. The second-order valence-electron chi connectivity index (χ2n) is 25.4. The highest BCUT2D eigenvalue weighted by molar-refractivity contribution is 6.10. The summed E-state index contributed by atoms with van der Waals surface area (Å²) in [6.45, 7) is 28.0.